The quantitative estimate of drug-likeness (QED) is 0.684. The fraction of sp³-hybridized carbons (Fsp3) is 0.467. The summed E-state index contributed by atoms with van der Waals surface area (Å²) in [6, 6.07) is 4.78. The Hall–Kier alpha value is -1.46. The van der Waals surface area contributed by atoms with Crippen molar-refractivity contribution < 1.29 is 17.9 Å². The van der Waals surface area contributed by atoms with Crippen molar-refractivity contribution in [1.82, 2.24) is 14.7 Å². The standard InChI is InChI=1S/C15H19ClN4O4S2/c1-11-18-13(20-5-8-23-9-6-20)10-14(19-11)24-7-4-17-26(21,22)15-3-2-12(16)25-15/h2-3,10,17H,4-9H2,1H3. The Labute approximate surface area is 161 Å². The van der Waals surface area contributed by atoms with Gasteiger partial charge in [0.1, 0.15) is 22.5 Å². The van der Waals surface area contributed by atoms with Gasteiger partial charge < -0.3 is 14.4 Å². The maximum atomic E-state index is 12.1. The predicted octanol–water partition coefficient (Wildman–Crippen LogP) is 1.69. The first-order valence-corrected chi connectivity index (χ1v) is 10.7. The van der Waals surface area contributed by atoms with Crippen LogP contribution in [0.5, 0.6) is 5.88 Å². The van der Waals surface area contributed by atoms with Gasteiger partial charge >= 0.3 is 0 Å². The predicted molar refractivity (Wildman–Crippen MR) is 99.8 cm³/mol. The topological polar surface area (TPSA) is 93.6 Å². The number of thiophene rings is 1. The van der Waals surface area contributed by atoms with Crippen molar-refractivity contribution in [1.29, 1.82) is 0 Å². The number of anilines is 1. The van der Waals surface area contributed by atoms with Crippen LogP contribution in [0.4, 0.5) is 5.82 Å². The smallest absolute Gasteiger partial charge is 0.250 e. The molecule has 3 heterocycles. The lowest BCUT2D eigenvalue weighted by Crippen LogP contribution is -2.37. The van der Waals surface area contributed by atoms with Crippen LogP contribution >= 0.6 is 22.9 Å². The van der Waals surface area contributed by atoms with Gasteiger partial charge in [-0.1, -0.05) is 11.6 Å². The minimum absolute atomic E-state index is 0.119. The van der Waals surface area contributed by atoms with Gasteiger partial charge in [-0.3, -0.25) is 0 Å². The molecule has 1 aliphatic heterocycles. The second kappa shape index (κ2) is 8.49. The Kier molecular flexibility index (Phi) is 6.30. The summed E-state index contributed by atoms with van der Waals surface area (Å²) in [6.07, 6.45) is 0. The summed E-state index contributed by atoms with van der Waals surface area (Å²) >= 11 is 6.78. The van der Waals surface area contributed by atoms with E-state index in [9.17, 15) is 8.42 Å². The third-order valence-electron chi connectivity index (χ3n) is 3.59. The van der Waals surface area contributed by atoms with Crippen molar-refractivity contribution in [3.05, 3.63) is 28.4 Å². The number of halogens is 1. The molecule has 0 aromatic carbocycles. The molecule has 3 rings (SSSR count). The summed E-state index contributed by atoms with van der Waals surface area (Å²) in [5.74, 6) is 1.79. The van der Waals surface area contributed by atoms with E-state index in [1.165, 1.54) is 6.07 Å². The summed E-state index contributed by atoms with van der Waals surface area (Å²) in [6.45, 7) is 4.91. The first kappa shape index (κ1) is 19.3. The van der Waals surface area contributed by atoms with Gasteiger partial charge in [-0.05, 0) is 19.1 Å². The van der Waals surface area contributed by atoms with E-state index in [2.05, 4.69) is 19.6 Å². The highest BCUT2D eigenvalue weighted by Gasteiger charge is 2.17. The molecule has 0 unspecified atom stereocenters. The molecule has 1 N–H and O–H groups in total. The molecule has 11 heteroatoms. The normalized spacial score (nSPS) is 15.2. The van der Waals surface area contributed by atoms with Crippen LogP contribution in [0.15, 0.2) is 22.4 Å². The molecule has 2 aromatic rings. The summed E-state index contributed by atoms with van der Waals surface area (Å²) in [5, 5.41) is 0. The van der Waals surface area contributed by atoms with E-state index < -0.39 is 10.0 Å². The number of rotatable bonds is 7. The summed E-state index contributed by atoms with van der Waals surface area (Å²) < 4.78 is 38.2. The van der Waals surface area contributed by atoms with Crippen molar-refractivity contribution in [2.24, 2.45) is 0 Å². The van der Waals surface area contributed by atoms with Crippen LogP contribution in [0, 0.1) is 6.92 Å². The zero-order valence-electron chi connectivity index (χ0n) is 14.1. The van der Waals surface area contributed by atoms with Gasteiger partial charge in [0.2, 0.25) is 15.9 Å². The van der Waals surface area contributed by atoms with E-state index in [-0.39, 0.29) is 17.4 Å². The van der Waals surface area contributed by atoms with Crippen molar-refractivity contribution in [2.45, 2.75) is 11.1 Å². The van der Waals surface area contributed by atoms with E-state index in [0.29, 0.717) is 29.3 Å². The Bertz CT molecular complexity index is 853. The minimum Gasteiger partial charge on any atom is -0.476 e. The number of aromatic nitrogens is 2. The summed E-state index contributed by atoms with van der Waals surface area (Å²) in [4.78, 5) is 10.8. The lowest BCUT2D eigenvalue weighted by Gasteiger charge is -2.28. The molecule has 0 atom stereocenters. The fourth-order valence-corrected chi connectivity index (χ4v) is 4.94. The van der Waals surface area contributed by atoms with Gasteiger partial charge in [0.25, 0.3) is 0 Å². The van der Waals surface area contributed by atoms with Gasteiger partial charge in [-0.2, -0.15) is 4.98 Å². The lowest BCUT2D eigenvalue weighted by molar-refractivity contribution is 0.122. The average molecular weight is 419 g/mol. The first-order chi connectivity index (χ1) is 12.4. The fourth-order valence-electron chi connectivity index (χ4n) is 2.40. The molecular formula is C15H19ClN4O4S2. The molecule has 0 spiro atoms. The molecule has 0 saturated carbocycles. The highest BCUT2D eigenvalue weighted by Crippen LogP contribution is 2.25. The number of nitrogens with zero attached hydrogens (tertiary/aromatic N) is 3. The molecule has 1 saturated heterocycles. The Balaban J connectivity index is 1.55. The third-order valence-corrected chi connectivity index (χ3v) is 6.78. The van der Waals surface area contributed by atoms with Crippen LogP contribution < -0.4 is 14.4 Å². The van der Waals surface area contributed by atoms with Gasteiger partial charge in [0.15, 0.2) is 0 Å². The first-order valence-electron chi connectivity index (χ1n) is 8.00. The number of nitrogens with one attached hydrogen (secondary N) is 1. The van der Waals surface area contributed by atoms with Crippen LogP contribution in [0.3, 0.4) is 0 Å². The summed E-state index contributed by atoms with van der Waals surface area (Å²) in [7, 11) is -3.58. The van der Waals surface area contributed by atoms with Crippen molar-refractivity contribution in [3.8, 4) is 5.88 Å². The second-order valence-corrected chi connectivity index (χ2v) is 9.22. The molecule has 26 heavy (non-hydrogen) atoms. The highest BCUT2D eigenvalue weighted by atomic mass is 35.5. The second-order valence-electron chi connectivity index (χ2n) is 5.52. The van der Waals surface area contributed by atoms with E-state index in [0.717, 1.165) is 30.2 Å². The van der Waals surface area contributed by atoms with E-state index in [1.807, 2.05) is 0 Å². The van der Waals surface area contributed by atoms with Gasteiger partial charge in [0, 0.05) is 25.7 Å². The van der Waals surface area contributed by atoms with Gasteiger partial charge in [-0.15, -0.1) is 11.3 Å². The van der Waals surface area contributed by atoms with Gasteiger partial charge in [0.05, 0.1) is 17.6 Å². The molecule has 1 aliphatic rings. The largest absolute Gasteiger partial charge is 0.476 e. The molecule has 142 valence electrons. The molecule has 0 aliphatic carbocycles. The van der Waals surface area contributed by atoms with Crippen molar-refractivity contribution in [2.75, 3.05) is 44.4 Å². The molecule has 0 radical (unpaired) electrons. The van der Waals surface area contributed by atoms with Crippen LogP contribution in [0.1, 0.15) is 5.82 Å². The van der Waals surface area contributed by atoms with Crippen molar-refractivity contribution >= 4 is 38.8 Å². The van der Waals surface area contributed by atoms with Gasteiger partial charge in [-0.25, -0.2) is 18.1 Å². The Morgan fingerprint density at radius 1 is 1.35 bits per heavy atom. The molecule has 2 aromatic heterocycles. The molecule has 1 fully saturated rings. The molecule has 0 amide bonds. The van der Waals surface area contributed by atoms with Crippen molar-refractivity contribution in [3.63, 3.8) is 0 Å². The SMILES string of the molecule is Cc1nc(OCCNS(=O)(=O)c2ccc(Cl)s2)cc(N2CCOCC2)n1. The van der Waals surface area contributed by atoms with Crippen LogP contribution in [0.25, 0.3) is 0 Å². The van der Waals surface area contributed by atoms with Crippen LogP contribution in [0.2, 0.25) is 4.34 Å². The van der Waals surface area contributed by atoms with E-state index in [1.54, 1.807) is 19.1 Å². The summed E-state index contributed by atoms with van der Waals surface area (Å²) in [5.41, 5.74) is 0. The zero-order chi connectivity index (χ0) is 18.6. The number of sulfonamides is 1. The van der Waals surface area contributed by atoms with Crippen LogP contribution in [-0.4, -0.2) is 57.8 Å². The maximum absolute atomic E-state index is 12.1. The molecular weight excluding hydrogens is 400 g/mol. The third kappa shape index (κ3) is 5.04. The zero-order valence-corrected chi connectivity index (χ0v) is 16.5. The minimum atomic E-state index is -3.58. The number of aryl methyl sites for hydroxylation is 1. The number of morpholine rings is 1. The average Bonchev–Trinajstić information content (AvgIpc) is 3.07. The Morgan fingerprint density at radius 3 is 2.81 bits per heavy atom. The lowest BCUT2D eigenvalue weighted by atomic mass is 10.4. The number of ether oxygens (including phenoxy) is 2. The molecule has 8 nitrogen and oxygen atoms in total. The van der Waals surface area contributed by atoms with Crippen LogP contribution in [-0.2, 0) is 14.8 Å². The monoisotopic (exact) mass is 418 g/mol. The Morgan fingerprint density at radius 2 is 2.12 bits per heavy atom. The van der Waals surface area contributed by atoms with E-state index >= 15 is 0 Å². The number of hydrogen-bond acceptors (Lipinski definition) is 8. The highest BCUT2D eigenvalue weighted by molar-refractivity contribution is 7.91. The maximum Gasteiger partial charge on any atom is 0.250 e. The van der Waals surface area contributed by atoms with E-state index in [4.69, 9.17) is 21.1 Å². The number of hydrogen-bond donors (Lipinski definition) is 1. The molecule has 0 bridgehead atoms.